The summed E-state index contributed by atoms with van der Waals surface area (Å²) in [4.78, 5) is 11.9. The average molecular weight is 381 g/mol. The fourth-order valence-corrected chi connectivity index (χ4v) is 6.10. The lowest BCUT2D eigenvalue weighted by Gasteiger charge is -2.34. The number of halogens is 1. The predicted octanol–water partition coefficient (Wildman–Crippen LogP) is 1.86. The van der Waals surface area contributed by atoms with E-state index in [-0.39, 0.29) is 28.2 Å². The second-order valence-electron chi connectivity index (χ2n) is 5.89. The molecule has 1 aromatic rings. The zero-order chi connectivity index (χ0) is 15.9. The number of rotatable bonds is 4. The fourth-order valence-electron chi connectivity index (χ4n) is 3.42. The molecule has 130 valence electrons. The largest absolute Gasteiger partial charge is 0.465 e. The van der Waals surface area contributed by atoms with Gasteiger partial charge in [-0.05, 0) is 37.1 Å². The molecule has 0 spiro atoms. The second-order valence-corrected chi connectivity index (χ2v) is 8.77. The highest BCUT2D eigenvalue weighted by Gasteiger charge is 2.40. The van der Waals surface area contributed by atoms with E-state index in [4.69, 9.17) is 0 Å². The number of nitrogens with one attached hydrogen (secondary N) is 1. The lowest BCUT2D eigenvalue weighted by molar-refractivity contribution is 0.0602. The highest BCUT2D eigenvalue weighted by molar-refractivity contribution is 7.89. The molecule has 9 heteroatoms. The summed E-state index contributed by atoms with van der Waals surface area (Å²) in [5.74, 6) is -0.604. The summed E-state index contributed by atoms with van der Waals surface area (Å²) in [6.07, 6.45) is 3.87. The normalized spacial score (nSPS) is 26.8. The van der Waals surface area contributed by atoms with Crippen molar-refractivity contribution >= 4 is 39.7 Å². The summed E-state index contributed by atoms with van der Waals surface area (Å²) < 4.78 is 31.9. The van der Waals surface area contributed by atoms with Crippen LogP contribution >= 0.6 is 23.7 Å². The second kappa shape index (κ2) is 7.06. The molecule has 3 heterocycles. The monoisotopic (exact) mass is 380 g/mol. The molecule has 0 radical (unpaired) electrons. The Morgan fingerprint density at radius 3 is 2.52 bits per heavy atom. The minimum atomic E-state index is -3.68. The van der Waals surface area contributed by atoms with Crippen molar-refractivity contribution in [2.24, 2.45) is 0 Å². The van der Waals surface area contributed by atoms with Gasteiger partial charge in [-0.3, -0.25) is 0 Å². The maximum absolute atomic E-state index is 12.9. The van der Waals surface area contributed by atoms with Gasteiger partial charge in [0, 0.05) is 25.2 Å². The summed E-state index contributed by atoms with van der Waals surface area (Å²) >= 11 is 1.09. The van der Waals surface area contributed by atoms with Crippen molar-refractivity contribution < 1.29 is 17.9 Å². The van der Waals surface area contributed by atoms with Crippen LogP contribution in [0.4, 0.5) is 0 Å². The molecule has 2 saturated heterocycles. The number of carbonyl (C=O) groups excluding carboxylic acids is 1. The predicted molar refractivity (Wildman–Crippen MR) is 90.8 cm³/mol. The molecule has 0 aliphatic carbocycles. The SMILES string of the molecule is COC(=O)c1sccc1S(=O)(=O)N(C)C1CC2CCC(C1)N2.Cl. The first kappa shape index (κ1) is 18.7. The van der Waals surface area contributed by atoms with E-state index in [1.807, 2.05) is 0 Å². The lowest BCUT2D eigenvalue weighted by atomic mass is 10.0. The van der Waals surface area contributed by atoms with Crippen LogP contribution in [0.1, 0.15) is 35.4 Å². The van der Waals surface area contributed by atoms with Crippen LogP contribution in [0.5, 0.6) is 0 Å². The van der Waals surface area contributed by atoms with Crippen LogP contribution in [-0.4, -0.2) is 51.0 Å². The van der Waals surface area contributed by atoms with Gasteiger partial charge in [0.25, 0.3) is 0 Å². The molecular weight excluding hydrogens is 360 g/mol. The van der Waals surface area contributed by atoms with E-state index in [0.29, 0.717) is 12.1 Å². The number of carbonyl (C=O) groups is 1. The van der Waals surface area contributed by atoms with Crippen LogP contribution in [0.15, 0.2) is 16.3 Å². The smallest absolute Gasteiger partial charge is 0.349 e. The number of piperidine rings is 1. The minimum absolute atomic E-state index is 0. The molecule has 2 aliphatic heterocycles. The number of thiophene rings is 1. The maximum atomic E-state index is 12.9. The number of hydrogen-bond acceptors (Lipinski definition) is 6. The Bertz CT molecular complexity index is 664. The minimum Gasteiger partial charge on any atom is -0.465 e. The van der Waals surface area contributed by atoms with Crippen molar-refractivity contribution in [3.05, 3.63) is 16.3 Å². The molecule has 2 fully saturated rings. The molecule has 0 saturated carbocycles. The van der Waals surface area contributed by atoms with Crippen molar-refractivity contribution in [1.29, 1.82) is 0 Å². The van der Waals surface area contributed by atoms with Crippen molar-refractivity contribution in [2.45, 2.75) is 48.7 Å². The van der Waals surface area contributed by atoms with Crippen molar-refractivity contribution in [3.63, 3.8) is 0 Å². The summed E-state index contributed by atoms with van der Waals surface area (Å²) in [5, 5.41) is 5.12. The lowest BCUT2D eigenvalue weighted by Crippen LogP contribution is -2.48. The van der Waals surface area contributed by atoms with Gasteiger partial charge in [0.2, 0.25) is 10.0 Å². The Morgan fingerprint density at radius 2 is 1.96 bits per heavy atom. The Kier molecular flexibility index (Phi) is 5.73. The topological polar surface area (TPSA) is 75.7 Å². The van der Waals surface area contributed by atoms with E-state index in [0.717, 1.165) is 37.0 Å². The third-order valence-electron chi connectivity index (χ3n) is 4.62. The number of esters is 1. The van der Waals surface area contributed by atoms with Crippen molar-refractivity contribution in [2.75, 3.05) is 14.2 Å². The van der Waals surface area contributed by atoms with Crippen LogP contribution in [0.2, 0.25) is 0 Å². The first-order valence-electron chi connectivity index (χ1n) is 7.33. The molecule has 1 aromatic heterocycles. The standard InChI is InChI=1S/C14H20N2O4S2.ClH/c1-16(11-7-9-3-4-10(8-11)15-9)22(18,19)12-5-6-21-13(12)14(17)20-2;/h5-6,9-11,15H,3-4,7-8H2,1-2H3;1H. The average Bonchev–Trinajstić information content (AvgIpc) is 3.12. The number of sulfonamides is 1. The van der Waals surface area contributed by atoms with Gasteiger partial charge in [0.1, 0.15) is 9.77 Å². The number of nitrogens with zero attached hydrogens (tertiary/aromatic N) is 1. The zero-order valence-corrected chi connectivity index (χ0v) is 15.5. The summed E-state index contributed by atoms with van der Waals surface area (Å²) in [5.41, 5.74) is 0. The van der Waals surface area contributed by atoms with Crippen molar-refractivity contribution in [1.82, 2.24) is 9.62 Å². The van der Waals surface area contributed by atoms with Gasteiger partial charge in [-0.1, -0.05) is 0 Å². The number of fused-ring (bicyclic) bond motifs is 2. The third kappa shape index (κ3) is 3.41. The Morgan fingerprint density at radius 1 is 1.35 bits per heavy atom. The molecule has 2 bridgehead atoms. The summed E-state index contributed by atoms with van der Waals surface area (Å²) in [6.45, 7) is 0. The number of methoxy groups -OCH3 is 1. The fraction of sp³-hybridized carbons (Fsp3) is 0.643. The highest BCUT2D eigenvalue weighted by atomic mass is 35.5. The van der Waals surface area contributed by atoms with Gasteiger partial charge in [-0.15, -0.1) is 23.7 Å². The molecule has 2 atom stereocenters. The first-order valence-corrected chi connectivity index (χ1v) is 9.65. The van der Waals surface area contributed by atoms with E-state index in [1.54, 1.807) is 12.4 Å². The number of hydrogen-bond donors (Lipinski definition) is 1. The highest BCUT2D eigenvalue weighted by Crippen LogP contribution is 2.33. The molecule has 2 unspecified atom stereocenters. The third-order valence-corrected chi connectivity index (χ3v) is 7.60. The molecular formula is C14H21ClN2O4S2. The van der Waals surface area contributed by atoms with Gasteiger partial charge in [-0.2, -0.15) is 4.31 Å². The Labute approximate surface area is 146 Å². The van der Waals surface area contributed by atoms with Gasteiger partial charge in [-0.25, -0.2) is 13.2 Å². The van der Waals surface area contributed by atoms with Gasteiger partial charge >= 0.3 is 5.97 Å². The van der Waals surface area contributed by atoms with Crippen LogP contribution in [0, 0.1) is 0 Å². The van der Waals surface area contributed by atoms with Gasteiger partial charge in [0.15, 0.2) is 0 Å². The van der Waals surface area contributed by atoms with E-state index < -0.39 is 16.0 Å². The molecule has 0 amide bonds. The van der Waals surface area contributed by atoms with Crippen molar-refractivity contribution in [3.8, 4) is 0 Å². The van der Waals surface area contributed by atoms with Gasteiger partial charge in [0.05, 0.1) is 7.11 Å². The quantitative estimate of drug-likeness (QED) is 0.807. The molecule has 1 N–H and O–H groups in total. The summed E-state index contributed by atoms with van der Waals surface area (Å²) in [7, 11) is -0.814. The molecule has 0 aromatic carbocycles. The van der Waals surface area contributed by atoms with Gasteiger partial charge < -0.3 is 10.1 Å². The molecule has 2 aliphatic rings. The Balaban J connectivity index is 0.00000192. The first-order chi connectivity index (χ1) is 10.4. The van der Waals surface area contributed by atoms with Crippen LogP contribution in [0.25, 0.3) is 0 Å². The van der Waals surface area contributed by atoms with E-state index >= 15 is 0 Å². The number of ether oxygens (including phenoxy) is 1. The maximum Gasteiger partial charge on any atom is 0.349 e. The van der Waals surface area contributed by atoms with Crippen LogP contribution in [-0.2, 0) is 14.8 Å². The van der Waals surface area contributed by atoms with E-state index in [1.165, 1.54) is 17.5 Å². The van der Waals surface area contributed by atoms with Crippen LogP contribution in [0.3, 0.4) is 0 Å². The molecule has 3 rings (SSSR count). The van der Waals surface area contributed by atoms with E-state index in [9.17, 15) is 13.2 Å². The van der Waals surface area contributed by atoms with Crippen LogP contribution < -0.4 is 5.32 Å². The summed E-state index contributed by atoms with van der Waals surface area (Å²) in [6, 6.07) is 2.28. The molecule has 6 nitrogen and oxygen atoms in total. The molecule has 23 heavy (non-hydrogen) atoms. The Hall–Kier alpha value is -0.670. The zero-order valence-electron chi connectivity index (χ0n) is 13.0. The van der Waals surface area contributed by atoms with E-state index in [2.05, 4.69) is 10.1 Å².